The smallest absolute Gasteiger partial charge is 0.0625 e. The highest BCUT2D eigenvalue weighted by atomic mass is 16.5. The number of nitrogens with zero attached hydrogens (tertiary/aromatic N) is 1. The van der Waals surface area contributed by atoms with E-state index in [-0.39, 0.29) is 6.04 Å². The fourth-order valence-electron chi connectivity index (χ4n) is 1.24. The van der Waals surface area contributed by atoms with Gasteiger partial charge in [-0.15, -0.1) is 0 Å². The first-order valence-corrected chi connectivity index (χ1v) is 4.10. The van der Waals surface area contributed by atoms with Gasteiger partial charge in [0.2, 0.25) is 0 Å². The van der Waals surface area contributed by atoms with E-state index in [0.717, 1.165) is 19.3 Å². The Labute approximate surface area is 67.6 Å². The second-order valence-corrected chi connectivity index (χ2v) is 2.97. The van der Waals surface area contributed by atoms with Crippen LogP contribution in [0.1, 0.15) is 19.3 Å². The molecule has 2 atom stereocenters. The summed E-state index contributed by atoms with van der Waals surface area (Å²) in [5.41, 5.74) is 5.67. The zero-order valence-electron chi connectivity index (χ0n) is 6.99. The normalized spacial score (nSPS) is 32.9. The molecule has 0 aliphatic carbocycles. The van der Waals surface area contributed by atoms with Crippen molar-refractivity contribution in [2.45, 2.75) is 31.4 Å². The summed E-state index contributed by atoms with van der Waals surface area (Å²) in [5.74, 6) is 0. The molecule has 0 radical (unpaired) electrons. The van der Waals surface area contributed by atoms with Gasteiger partial charge in [0.1, 0.15) is 0 Å². The predicted molar refractivity (Wildman–Crippen MR) is 46.0 cm³/mol. The Balaban J connectivity index is 2.17. The maximum absolute atomic E-state index is 5.67. The van der Waals surface area contributed by atoms with Crippen molar-refractivity contribution in [2.75, 3.05) is 13.7 Å². The summed E-state index contributed by atoms with van der Waals surface area (Å²) in [6.45, 7) is 0.711. The topological polar surface area (TPSA) is 47.6 Å². The molecule has 0 bridgehead atoms. The van der Waals surface area contributed by atoms with E-state index in [4.69, 9.17) is 10.5 Å². The van der Waals surface area contributed by atoms with Crippen LogP contribution in [0, 0.1) is 0 Å². The lowest BCUT2D eigenvalue weighted by atomic mass is 10.0. The fourth-order valence-corrected chi connectivity index (χ4v) is 1.24. The number of hydrogen-bond donors (Lipinski definition) is 1. The van der Waals surface area contributed by atoms with Gasteiger partial charge >= 0.3 is 0 Å². The molecule has 0 amide bonds. The summed E-state index contributed by atoms with van der Waals surface area (Å²) in [5, 5.41) is 0. The van der Waals surface area contributed by atoms with Gasteiger partial charge in [-0.25, -0.2) is 0 Å². The zero-order chi connectivity index (χ0) is 8.10. The molecule has 0 spiro atoms. The summed E-state index contributed by atoms with van der Waals surface area (Å²) in [6.07, 6.45) is 5.36. The second kappa shape index (κ2) is 4.46. The van der Waals surface area contributed by atoms with Gasteiger partial charge in [-0.2, -0.15) is 0 Å². The van der Waals surface area contributed by atoms with Crippen LogP contribution in [0.25, 0.3) is 0 Å². The molecule has 0 aromatic rings. The Morgan fingerprint density at radius 1 is 1.64 bits per heavy atom. The predicted octanol–water partition coefficient (Wildman–Crippen LogP) is 0.583. The molecule has 0 unspecified atom stereocenters. The maximum atomic E-state index is 5.67. The van der Waals surface area contributed by atoms with Crippen molar-refractivity contribution in [3.05, 3.63) is 0 Å². The van der Waals surface area contributed by atoms with Gasteiger partial charge in [0.15, 0.2) is 0 Å². The summed E-state index contributed by atoms with van der Waals surface area (Å²) in [7, 11) is 1.79. The third-order valence-electron chi connectivity index (χ3n) is 1.96. The molecule has 1 saturated heterocycles. The molecule has 1 fully saturated rings. The summed E-state index contributed by atoms with van der Waals surface area (Å²) in [4.78, 5) is 3.91. The summed E-state index contributed by atoms with van der Waals surface area (Å²) >= 11 is 0. The molecule has 64 valence electrons. The molecule has 2 N–H and O–H groups in total. The monoisotopic (exact) mass is 156 g/mol. The van der Waals surface area contributed by atoms with Gasteiger partial charge in [-0.1, -0.05) is 0 Å². The first-order chi connectivity index (χ1) is 5.33. The fraction of sp³-hybridized carbons (Fsp3) is 0.875. The van der Waals surface area contributed by atoms with Crippen molar-refractivity contribution >= 4 is 6.21 Å². The van der Waals surface area contributed by atoms with Gasteiger partial charge in [0.05, 0.1) is 12.7 Å². The average Bonchev–Trinajstić information content (AvgIpc) is 2.04. The lowest BCUT2D eigenvalue weighted by Crippen LogP contribution is -2.35. The van der Waals surface area contributed by atoms with E-state index in [1.54, 1.807) is 7.05 Å². The zero-order valence-corrected chi connectivity index (χ0v) is 6.99. The standard InChI is InChI=1S/C8H16N2O/c1-10-5-4-8-3-2-7(9)6-11-8/h5,7-8H,2-4,6,9H2,1H3/b10-5+/t7-,8+/m0/s1. The Kier molecular flexibility index (Phi) is 3.52. The minimum absolute atomic E-state index is 0.254. The van der Waals surface area contributed by atoms with E-state index in [9.17, 15) is 0 Å². The van der Waals surface area contributed by atoms with Crippen molar-refractivity contribution in [3.63, 3.8) is 0 Å². The van der Waals surface area contributed by atoms with E-state index in [1.807, 2.05) is 6.21 Å². The Bertz CT molecular complexity index is 128. The van der Waals surface area contributed by atoms with Crippen LogP contribution in [-0.4, -0.2) is 32.0 Å². The van der Waals surface area contributed by atoms with E-state index >= 15 is 0 Å². The number of hydrogen-bond acceptors (Lipinski definition) is 3. The van der Waals surface area contributed by atoms with Crippen molar-refractivity contribution in [2.24, 2.45) is 10.7 Å². The SMILES string of the molecule is C/N=C/C[C@H]1CC[C@H](N)CO1. The van der Waals surface area contributed by atoms with Crippen LogP contribution in [0.2, 0.25) is 0 Å². The molecular weight excluding hydrogens is 140 g/mol. The molecule has 0 aromatic heterocycles. The maximum Gasteiger partial charge on any atom is 0.0625 e. The highest BCUT2D eigenvalue weighted by molar-refractivity contribution is 5.57. The molecule has 11 heavy (non-hydrogen) atoms. The molecule has 1 rings (SSSR count). The highest BCUT2D eigenvalue weighted by Crippen LogP contribution is 2.13. The van der Waals surface area contributed by atoms with E-state index in [0.29, 0.717) is 12.7 Å². The van der Waals surface area contributed by atoms with Crippen LogP contribution in [0.5, 0.6) is 0 Å². The lowest BCUT2D eigenvalue weighted by molar-refractivity contribution is 0.0107. The van der Waals surface area contributed by atoms with Crippen LogP contribution in [0.4, 0.5) is 0 Å². The first kappa shape index (κ1) is 8.68. The molecule has 3 nitrogen and oxygen atoms in total. The molecule has 3 heteroatoms. The summed E-state index contributed by atoms with van der Waals surface area (Å²) in [6, 6.07) is 0.254. The molecule has 0 aromatic carbocycles. The lowest BCUT2D eigenvalue weighted by Gasteiger charge is -2.25. The number of nitrogens with two attached hydrogens (primary N) is 1. The summed E-state index contributed by atoms with van der Waals surface area (Å²) < 4.78 is 5.48. The Morgan fingerprint density at radius 3 is 3.00 bits per heavy atom. The largest absolute Gasteiger partial charge is 0.376 e. The van der Waals surface area contributed by atoms with Gasteiger partial charge < -0.3 is 15.5 Å². The van der Waals surface area contributed by atoms with Gasteiger partial charge in [0.25, 0.3) is 0 Å². The van der Waals surface area contributed by atoms with Crippen LogP contribution >= 0.6 is 0 Å². The van der Waals surface area contributed by atoms with Crippen molar-refractivity contribution in [1.29, 1.82) is 0 Å². The third-order valence-corrected chi connectivity index (χ3v) is 1.96. The van der Waals surface area contributed by atoms with E-state index in [1.165, 1.54) is 0 Å². The van der Waals surface area contributed by atoms with Crippen LogP contribution in [0.3, 0.4) is 0 Å². The average molecular weight is 156 g/mol. The molecule has 1 aliphatic heterocycles. The molecule has 1 heterocycles. The number of ether oxygens (including phenoxy) is 1. The van der Waals surface area contributed by atoms with E-state index in [2.05, 4.69) is 4.99 Å². The number of rotatable bonds is 2. The molecule has 1 aliphatic rings. The number of aliphatic imine (C=N–C) groups is 1. The quantitative estimate of drug-likeness (QED) is 0.595. The highest BCUT2D eigenvalue weighted by Gasteiger charge is 2.17. The molecule has 0 saturated carbocycles. The van der Waals surface area contributed by atoms with Crippen molar-refractivity contribution in [1.82, 2.24) is 0 Å². The Hall–Kier alpha value is -0.410. The van der Waals surface area contributed by atoms with Gasteiger partial charge in [0, 0.05) is 25.7 Å². The Morgan fingerprint density at radius 2 is 2.45 bits per heavy atom. The van der Waals surface area contributed by atoms with Crippen molar-refractivity contribution < 1.29 is 4.74 Å². The minimum atomic E-state index is 0.254. The van der Waals surface area contributed by atoms with Crippen LogP contribution in [-0.2, 0) is 4.74 Å². The van der Waals surface area contributed by atoms with Crippen LogP contribution < -0.4 is 5.73 Å². The molecular formula is C8H16N2O. The third kappa shape index (κ3) is 2.99. The van der Waals surface area contributed by atoms with Crippen molar-refractivity contribution in [3.8, 4) is 0 Å². The van der Waals surface area contributed by atoms with Gasteiger partial charge in [-0.05, 0) is 12.8 Å². The second-order valence-electron chi connectivity index (χ2n) is 2.97. The van der Waals surface area contributed by atoms with Crippen LogP contribution in [0.15, 0.2) is 4.99 Å². The van der Waals surface area contributed by atoms with E-state index < -0.39 is 0 Å². The van der Waals surface area contributed by atoms with Gasteiger partial charge in [-0.3, -0.25) is 0 Å². The minimum Gasteiger partial charge on any atom is -0.376 e. The first-order valence-electron chi connectivity index (χ1n) is 4.10.